The van der Waals surface area contributed by atoms with Crippen LogP contribution in [0.3, 0.4) is 0 Å². The van der Waals surface area contributed by atoms with Gasteiger partial charge < -0.3 is 0 Å². The molecule has 0 aliphatic carbocycles. The average Bonchev–Trinajstić information content (AvgIpc) is 1.68. The van der Waals surface area contributed by atoms with E-state index < -0.39 is 10.0 Å². The third-order valence-corrected chi connectivity index (χ3v) is 0.826. The Morgan fingerprint density at radius 3 is 2.14 bits per heavy atom. The van der Waals surface area contributed by atoms with Gasteiger partial charge in [-0.25, -0.2) is 0 Å². The first-order valence-electron chi connectivity index (χ1n) is 1.25. The highest BCUT2D eigenvalue weighted by atomic mass is 32.2. The number of hydrogen-bond acceptors (Lipinski definition) is 4. The highest BCUT2D eigenvalue weighted by molar-refractivity contribution is 7.93. The van der Waals surface area contributed by atoms with Crippen LogP contribution in [0, 0.1) is 10.7 Å². The Balaban J connectivity index is 4.28. The number of hydrazine groups is 1. The van der Waals surface area contributed by atoms with Gasteiger partial charge in [0.15, 0.2) is 0 Å². The number of rotatable bonds is 1. The predicted molar refractivity (Wildman–Crippen MR) is 21.9 cm³/mol. The van der Waals surface area contributed by atoms with E-state index in [1.165, 1.54) is 4.83 Å². The molecule has 0 bridgehead atoms. The molecule has 5 nitrogen and oxygen atoms in total. The summed E-state index contributed by atoms with van der Waals surface area (Å²) in [7, 11) is -3.82. The molecule has 0 rings (SSSR count). The summed E-state index contributed by atoms with van der Waals surface area (Å²) in [6, 6.07) is 0. The fourth-order valence-electron chi connectivity index (χ4n) is 0.0264. The van der Waals surface area contributed by atoms with E-state index in [2.05, 4.69) is 5.84 Å². The topological polar surface area (TPSA) is 96.0 Å². The molecule has 0 saturated carbocycles. The molecule has 0 heterocycles. The summed E-state index contributed by atoms with van der Waals surface area (Å²) >= 11 is 0. The van der Waals surface area contributed by atoms with Crippen molar-refractivity contribution in [3.8, 4) is 5.40 Å². The number of thiocyanates is 1. The maximum atomic E-state index is 9.77. The molecule has 6 heteroatoms. The van der Waals surface area contributed by atoms with Crippen LogP contribution in [0.2, 0.25) is 0 Å². The van der Waals surface area contributed by atoms with E-state index in [-0.39, 0.29) is 0 Å². The SMILES string of the molecule is N#CS(=O)(=O)NN. The van der Waals surface area contributed by atoms with E-state index in [0.29, 0.717) is 0 Å². The molecule has 0 atom stereocenters. The van der Waals surface area contributed by atoms with E-state index in [1.54, 1.807) is 0 Å². The van der Waals surface area contributed by atoms with Crippen LogP contribution in [0.1, 0.15) is 0 Å². The van der Waals surface area contributed by atoms with Gasteiger partial charge in [0.2, 0.25) is 5.40 Å². The quantitative estimate of drug-likeness (QED) is 0.186. The van der Waals surface area contributed by atoms with Crippen molar-refractivity contribution in [2.75, 3.05) is 0 Å². The molecular weight excluding hydrogens is 118 g/mol. The van der Waals surface area contributed by atoms with Crippen LogP contribution in [-0.2, 0) is 10.0 Å². The molecule has 7 heavy (non-hydrogen) atoms. The Kier molecular flexibility index (Phi) is 1.71. The monoisotopic (exact) mass is 121 g/mol. The van der Waals surface area contributed by atoms with Crippen molar-refractivity contribution >= 4 is 10.0 Å². The predicted octanol–water partition coefficient (Wildman–Crippen LogP) is -1.74. The maximum absolute atomic E-state index is 9.77. The molecule has 40 valence electrons. The zero-order valence-corrected chi connectivity index (χ0v) is 4.07. The normalized spacial score (nSPS) is 10.3. The minimum Gasteiger partial charge on any atom is -0.257 e. The van der Waals surface area contributed by atoms with Crippen LogP contribution in [0.4, 0.5) is 0 Å². The van der Waals surface area contributed by atoms with Gasteiger partial charge >= 0.3 is 10.0 Å². The second-order valence-corrected chi connectivity index (χ2v) is 2.14. The summed E-state index contributed by atoms with van der Waals surface area (Å²) in [4.78, 5) is 1.30. The Hall–Kier alpha value is -0.640. The minimum atomic E-state index is -3.82. The van der Waals surface area contributed by atoms with Crippen molar-refractivity contribution < 1.29 is 8.42 Å². The highest BCUT2D eigenvalue weighted by Gasteiger charge is 1.99. The summed E-state index contributed by atoms with van der Waals surface area (Å²) < 4.78 is 19.5. The summed E-state index contributed by atoms with van der Waals surface area (Å²) in [5.74, 6) is 4.36. The van der Waals surface area contributed by atoms with Crippen LogP contribution in [0.15, 0.2) is 0 Å². The van der Waals surface area contributed by atoms with Gasteiger partial charge in [-0.05, 0) is 0 Å². The van der Waals surface area contributed by atoms with Crippen molar-refractivity contribution in [2.45, 2.75) is 0 Å². The van der Waals surface area contributed by atoms with Gasteiger partial charge in [-0.2, -0.15) is 13.7 Å². The number of sulfonamides is 1. The van der Waals surface area contributed by atoms with Crippen LogP contribution < -0.4 is 10.7 Å². The van der Waals surface area contributed by atoms with Crippen molar-refractivity contribution in [1.82, 2.24) is 4.83 Å². The van der Waals surface area contributed by atoms with Crippen LogP contribution >= 0.6 is 0 Å². The molecule has 3 N–H and O–H groups in total. The Labute approximate surface area is 40.8 Å². The summed E-state index contributed by atoms with van der Waals surface area (Å²) in [6.45, 7) is 0. The molecule has 0 saturated heterocycles. The van der Waals surface area contributed by atoms with Crippen LogP contribution in [0.5, 0.6) is 0 Å². The molecule has 0 unspecified atom stereocenters. The minimum absolute atomic E-state index is 0.927. The fraction of sp³-hybridized carbons (Fsp3) is 0. The lowest BCUT2D eigenvalue weighted by Crippen LogP contribution is -2.28. The maximum Gasteiger partial charge on any atom is 0.317 e. The zero-order chi connectivity index (χ0) is 5.91. The third-order valence-electron chi connectivity index (χ3n) is 0.275. The van der Waals surface area contributed by atoms with Crippen LogP contribution in [-0.4, -0.2) is 8.42 Å². The standard InChI is InChI=1S/CH3N3O2S/c2-1-7(5,6)4-3/h4H,3H2. The second-order valence-electron chi connectivity index (χ2n) is 0.713. The van der Waals surface area contributed by atoms with Gasteiger partial charge in [0, 0.05) is 0 Å². The Bertz CT molecular complexity index is 174. The van der Waals surface area contributed by atoms with Gasteiger partial charge in [0.05, 0.1) is 0 Å². The Morgan fingerprint density at radius 2 is 2.14 bits per heavy atom. The number of nitriles is 1. The van der Waals surface area contributed by atoms with Gasteiger partial charge in [-0.1, -0.05) is 0 Å². The number of nitrogens with two attached hydrogens (primary N) is 1. The summed E-state index contributed by atoms with van der Waals surface area (Å²) in [5, 5.41) is 8.54. The third kappa shape index (κ3) is 2.11. The van der Waals surface area contributed by atoms with E-state index in [9.17, 15) is 8.42 Å². The van der Waals surface area contributed by atoms with E-state index in [1.807, 2.05) is 0 Å². The highest BCUT2D eigenvalue weighted by Crippen LogP contribution is 1.68. The molecule has 0 spiro atoms. The average molecular weight is 121 g/mol. The lowest BCUT2D eigenvalue weighted by Gasteiger charge is -1.81. The Morgan fingerprint density at radius 1 is 1.71 bits per heavy atom. The molecule has 0 aromatic rings. The van der Waals surface area contributed by atoms with Gasteiger partial charge in [0.1, 0.15) is 0 Å². The van der Waals surface area contributed by atoms with Crippen molar-refractivity contribution in [1.29, 1.82) is 5.26 Å². The molecule has 0 aromatic heterocycles. The first-order chi connectivity index (χ1) is 3.12. The molecule has 0 amide bonds. The van der Waals surface area contributed by atoms with E-state index >= 15 is 0 Å². The van der Waals surface area contributed by atoms with Gasteiger partial charge in [-0.15, -0.1) is 4.83 Å². The molecule has 0 fully saturated rings. The second kappa shape index (κ2) is 1.88. The van der Waals surface area contributed by atoms with Gasteiger partial charge in [0.25, 0.3) is 0 Å². The first-order valence-corrected chi connectivity index (χ1v) is 2.74. The van der Waals surface area contributed by atoms with E-state index in [4.69, 9.17) is 5.26 Å². The smallest absolute Gasteiger partial charge is 0.257 e. The largest absolute Gasteiger partial charge is 0.317 e. The van der Waals surface area contributed by atoms with E-state index in [0.717, 1.165) is 5.40 Å². The zero-order valence-electron chi connectivity index (χ0n) is 3.25. The lowest BCUT2D eigenvalue weighted by molar-refractivity contribution is 0.594. The molecule has 0 aromatic carbocycles. The number of hydrogen-bond donors (Lipinski definition) is 2. The molecule has 0 radical (unpaired) electrons. The van der Waals surface area contributed by atoms with Crippen LogP contribution in [0.25, 0.3) is 0 Å². The fourth-order valence-corrected chi connectivity index (χ4v) is 0.0791. The molecule has 0 aliphatic heterocycles. The summed E-state index contributed by atoms with van der Waals surface area (Å²) in [5.41, 5.74) is 0. The number of nitrogens with one attached hydrogen (secondary N) is 1. The first kappa shape index (κ1) is 6.36. The van der Waals surface area contributed by atoms with Crippen molar-refractivity contribution in [3.63, 3.8) is 0 Å². The van der Waals surface area contributed by atoms with Crippen molar-refractivity contribution in [3.05, 3.63) is 0 Å². The number of nitrogens with zero attached hydrogens (tertiary/aromatic N) is 1. The van der Waals surface area contributed by atoms with Gasteiger partial charge in [-0.3, -0.25) is 5.84 Å². The molecular formula is CH3N3O2S. The molecule has 0 aliphatic rings. The van der Waals surface area contributed by atoms with Crippen molar-refractivity contribution in [2.24, 2.45) is 5.84 Å². The lowest BCUT2D eigenvalue weighted by atomic mass is 11.8. The summed E-state index contributed by atoms with van der Waals surface area (Å²) in [6.07, 6.45) is 0.